The van der Waals surface area contributed by atoms with Gasteiger partial charge in [-0.1, -0.05) is 18.2 Å². The molecule has 1 heterocycles. The number of nitrogens with zero attached hydrogens (tertiary/aromatic N) is 2. The number of hydrogen-bond acceptors (Lipinski definition) is 5. The summed E-state index contributed by atoms with van der Waals surface area (Å²) >= 11 is 3.57. The van der Waals surface area contributed by atoms with Gasteiger partial charge in [0, 0.05) is 10.7 Å². The Balaban J connectivity index is 1.80. The van der Waals surface area contributed by atoms with E-state index in [9.17, 15) is 0 Å². The lowest BCUT2D eigenvalue weighted by atomic mass is 10.2. The molecule has 5 nitrogen and oxygen atoms in total. The Kier molecular flexibility index (Phi) is 5.50. The lowest BCUT2D eigenvalue weighted by molar-refractivity contribution is 0.342. The first-order valence-electron chi connectivity index (χ1n) is 8.01. The van der Waals surface area contributed by atoms with E-state index in [1.54, 1.807) is 6.20 Å². The molecule has 0 unspecified atom stereocenters. The fraction of sp³-hybridized carbons (Fsp3) is 0.158. The number of aromatic nitrogens is 2. The zero-order chi connectivity index (χ0) is 17.6. The molecule has 0 spiro atoms. The maximum absolute atomic E-state index is 5.62. The first-order valence-corrected chi connectivity index (χ1v) is 8.80. The first-order chi connectivity index (χ1) is 12.2. The van der Waals surface area contributed by atoms with E-state index in [1.165, 1.54) is 5.56 Å². The number of aryl methyl sites for hydroxylation is 1. The van der Waals surface area contributed by atoms with E-state index < -0.39 is 0 Å². The highest BCUT2D eigenvalue weighted by Gasteiger charge is 2.06. The summed E-state index contributed by atoms with van der Waals surface area (Å²) in [5.74, 6) is 1.98. The van der Waals surface area contributed by atoms with E-state index in [-0.39, 0.29) is 0 Å². The summed E-state index contributed by atoms with van der Waals surface area (Å²) in [5.41, 5.74) is 2.97. The molecule has 0 bridgehead atoms. The lowest BCUT2D eigenvalue weighted by Gasteiger charge is -2.12. The Morgan fingerprint density at radius 1 is 1.04 bits per heavy atom. The summed E-state index contributed by atoms with van der Waals surface area (Å²) in [5, 5.41) is 6.50. The Morgan fingerprint density at radius 2 is 1.88 bits per heavy atom. The van der Waals surface area contributed by atoms with Gasteiger partial charge in [0.2, 0.25) is 5.95 Å². The third-order valence-corrected chi connectivity index (χ3v) is 4.13. The lowest BCUT2D eigenvalue weighted by Crippen LogP contribution is -2.02. The van der Waals surface area contributed by atoms with Gasteiger partial charge in [0.1, 0.15) is 11.6 Å². The molecule has 25 heavy (non-hydrogen) atoms. The number of halogens is 1. The number of anilines is 4. The highest BCUT2D eigenvalue weighted by molar-refractivity contribution is 9.10. The molecular formula is C19H19BrN4O. The second-order valence-electron chi connectivity index (χ2n) is 5.43. The van der Waals surface area contributed by atoms with Gasteiger partial charge >= 0.3 is 0 Å². The van der Waals surface area contributed by atoms with Crippen molar-refractivity contribution in [3.05, 3.63) is 64.8 Å². The summed E-state index contributed by atoms with van der Waals surface area (Å²) in [6.07, 6.45) is 1.71. The van der Waals surface area contributed by atoms with Gasteiger partial charge in [-0.25, -0.2) is 4.98 Å². The number of rotatable bonds is 6. The Labute approximate surface area is 155 Å². The van der Waals surface area contributed by atoms with Crippen molar-refractivity contribution in [2.75, 3.05) is 17.2 Å². The van der Waals surface area contributed by atoms with Crippen molar-refractivity contribution in [3.8, 4) is 5.75 Å². The molecule has 3 rings (SSSR count). The van der Waals surface area contributed by atoms with Crippen LogP contribution < -0.4 is 15.4 Å². The molecule has 2 N–H and O–H groups in total. The van der Waals surface area contributed by atoms with Crippen molar-refractivity contribution in [2.45, 2.75) is 13.8 Å². The third-order valence-electron chi connectivity index (χ3n) is 3.48. The maximum Gasteiger partial charge on any atom is 0.229 e. The summed E-state index contributed by atoms with van der Waals surface area (Å²) in [7, 11) is 0. The summed E-state index contributed by atoms with van der Waals surface area (Å²) < 4.78 is 6.61. The van der Waals surface area contributed by atoms with Gasteiger partial charge < -0.3 is 15.4 Å². The van der Waals surface area contributed by atoms with Crippen LogP contribution in [0.3, 0.4) is 0 Å². The van der Waals surface area contributed by atoms with Crippen LogP contribution >= 0.6 is 15.9 Å². The standard InChI is InChI=1S/C19H19BrN4O/c1-3-25-17-7-5-4-6-16(17)23-19-21-11-10-18(24-19)22-15-9-8-13(2)12-14(15)20/h4-12H,3H2,1-2H3,(H2,21,22,23,24). The number of hydrogen-bond donors (Lipinski definition) is 2. The van der Waals surface area contributed by atoms with Gasteiger partial charge in [-0.05, 0) is 65.7 Å². The molecule has 2 aromatic carbocycles. The van der Waals surface area contributed by atoms with Crippen molar-refractivity contribution >= 4 is 39.1 Å². The first kappa shape index (κ1) is 17.2. The van der Waals surface area contributed by atoms with Crippen LogP contribution in [0, 0.1) is 6.92 Å². The van der Waals surface area contributed by atoms with Crippen LogP contribution in [0.25, 0.3) is 0 Å². The molecule has 0 saturated carbocycles. The topological polar surface area (TPSA) is 59.1 Å². The molecule has 0 amide bonds. The molecule has 6 heteroatoms. The number of benzene rings is 2. The van der Waals surface area contributed by atoms with Crippen molar-refractivity contribution in [1.29, 1.82) is 0 Å². The van der Waals surface area contributed by atoms with Crippen LogP contribution in [-0.4, -0.2) is 16.6 Å². The maximum atomic E-state index is 5.62. The van der Waals surface area contributed by atoms with Crippen LogP contribution in [-0.2, 0) is 0 Å². The van der Waals surface area contributed by atoms with Crippen LogP contribution in [0.5, 0.6) is 5.75 Å². The Bertz CT molecular complexity index is 870. The van der Waals surface area contributed by atoms with Crippen molar-refractivity contribution in [3.63, 3.8) is 0 Å². The molecule has 0 radical (unpaired) electrons. The van der Waals surface area contributed by atoms with Gasteiger partial charge in [-0.15, -0.1) is 0 Å². The average Bonchev–Trinajstić information content (AvgIpc) is 2.60. The SMILES string of the molecule is CCOc1ccccc1Nc1nccc(Nc2ccc(C)cc2Br)n1. The fourth-order valence-electron chi connectivity index (χ4n) is 2.32. The van der Waals surface area contributed by atoms with E-state index >= 15 is 0 Å². The van der Waals surface area contributed by atoms with Crippen LogP contribution in [0.4, 0.5) is 23.1 Å². The molecule has 0 aliphatic rings. The zero-order valence-electron chi connectivity index (χ0n) is 14.1. The number of nitrogens with one attached hydrogen (secondary N) is 2. The molecule has 128 valence electrons. The van der Waals surface area contributed by atoms with Crippen LogP contribution in [0.15, 0.2) is 59.2 Å². The predicted molar refractivity (Wildman–Crippen MR) is 105 cm³/mol. The number of para-hydroxylation sites is 2. The Morgan fingerprint density at radius 3 is 2.68 bits per heavy atom. The normalized spacial score (nSPS) is 10.4. The smallest absolute Gasteiger partial charge is 0.229 e. The van der Waals surface area contributed by atoms with Gasteiger partial charge in [-0.3, -0.25) is 0 Å². The molecule has 0 aliphatic carbocycles. The highest BCUT2D eigenvalue weighted by atomic mass is 79.9. The van der Waals surface area contributed by atoms with E-state index in [1.807, 2.05) is 49.4 Å². The van der Waals surface area contributed by atoms with Crippen LogP contribution in [0.2, 0.25) is 0 Å². The average molecular weight is 399 g/mol. The largest absolute Gasteiger partial charge is 0.492 e. The monoisotopic (exact) mass is 398 g/mol. The van der Waals surface area contributed by atoms with Gasteiger partial charge in [0.15, 0.2) is 0 Å². The second-order valence-corrected chi connectivity index (χ2v) is 6.28. The molecular weight excluding hydrogens is 380 g/mol. The fourth-order valence-corrected chi connectivity index (χ4v) is 2.91. The minimum atomic E-state index is 0.500. The van der Waals surface area contributed by atoms with Gasteiger partial charge in [0.05, 0.1) is 18.0 Å². The van der Waals surface area contributed by atoms with E-state index in [0.717, 1.165) is 21.6 Å². The van der Waals surface area contributed by atoms with Gasteiger partial charge in [0.25, 0.3) is 0 Å². The number of ether oxygens (including phenoxy) is 1. The van der Waals surface area contributed by atoms with E-state index in [0.29, 0.717) is 18.4 Å². The minimum Gasteiger partial charge on any atom is -0.492 e. The Hall–Kier alpha value is -2.60. The molecule has 0 aliphatic heterocycles. The molecule has 1 aromatic heterocycles. The molecule has 0 atom stereocenters. The summed E-state index contributed by atoms with van der Waals surface area (Å²) in [6.45, 7) is 4.61. The van der Waals surface area contributed by atoms with Gasteiger partial charge in [-0.2, -0.15) is 4.98 Å². The second kappa shape index (κ2) is 7.98. The zero-order valence-corrected chi connectivity index (χ0v) is 15.7. The molecule has 0 saturated heterocycles. The van der Waals surface area contributed by atoms with E-state index in [2.05, 4.69) is 49.5 Å². The van der Waals surface area contributed by atoms with Crippen LogP contribution in [0.1, 0.15) is 12.5 Å². The van der Waals surface area contributed by atoms with Crippen molar-refractivity contribution in [1.82, 2.24) is 9.97 Å². The predicted octanol–water partition coefficient (Wildman–Crippen LogP) is 5.43. The van der Waals surface area contributed by atoms with Crippen molar-refractivity contribution in [2.24, 2.45) is 0 Å². The van der Waals surface area contributed by atoms with E-state index in [4.69, 9.17) is 4.74 Å². The third kappa shape index (κ3) is 4.48. The quantitative estimate of drug-likeness (QED) is 0.579. The summed E-state index contributed by atoms with van der Waals surface area (Å²) in [6, 6.07) is 15.7. The summed E-state index contributed by atoms with van der Waals surface area (Å²) in [4.78, 5) is 8.80. The molecule has 0 fully saturated rings. The molecule has 3 aromatic rings. The minimum absolute atomic E-state index is 0.500. The highest BCUT2D eigenvalue weighted by Crippen LogP contribution is 2.28. The van der Waals surface area contributed by atoms with Crippen molar-refractivity contribution < 1.29 is 4.74 Å².